The Morgan fingerprint density at radius 3 is 2.32 bits per heavy atom. The van der Waals surface area contributed by atoms with Crippen molar-refractivity contribution in [3.63, 3.8) is 0 Å². The number of hydrogen-bond donors (Lipinski definition) is 1. The number of anilines is 1. The SMILES string of the molecule is COc1cccc(Oc2ccccc2N)c1[N+](=O)[O-]. The fraction of sp³-hybridized carbons (Fsp3) is 0.0769. The topological polar surface area (TPSA) is 87.6 Å². The van der Waals surface area contributed by atoms with Crippen LogP contribution in [0.1, 0.15) is 0 Å². The lowest BCUT2D eigenvalue weighted by Crippen LogP contribution is -1.98. The highest BCUT2D eigenvalue weighted by Gasteiger charge is 2.22. The second-order valence-electron chi connectivity index (χ2n) is 3.70. The van der Waals surface area contributed by atoms with Gasteiger partial charge in [0, 0.05) is 0 Å². The first kappa shape index (κ1) is 12.7. The molecular weight excluding hydrogens is 248 g/mol. The van der Waals surface area contributed by atoms with E-state index in [0.717, 1.165) is 0 Å². The molecule has 0 heterocycles. The molecule has 6 nitrogen and oxygen atoms in total. The molecule has 0 saturated heterocycles. The largest absolute Gasteiger partial charge is 0.490 e. The van der Waals surface area contributed by atoms with Crippen molar-refractivity contribution in [1.29, 1.82) is 0 Å². The van der Waals surface area contributed by atoms with Gasteiger partial charge < -0.3 is 15.2 Å². The summed E-state index contributed by atoms with van der Waals surface area (Å²) in [6.45, 7) is 0. The summed E-state index contributed by atoms with van der Waals surface area (Å²) in [5.74, 6) is 0.582. The molecule has 0 bridgehead atoms. The molecule has 0 aliphatic carbocycles. The first-order valence-corrected chi connectivity index (χ1v) is 5.47. The zero-order valence-electron chi connectivity index (χ0n) is 10.2. The van der Waals surface area contributed by atoms with E-state index in [1.165, 1.54) is 19.2 Å². The first-order valence-electron chi connectivity index (χ1n) is 5.47. The Morgan fingerprint density at radius 2 is 1.68 bits per heavy atom. The van der Waals surface area contributed by atoms with Gasteiger partial charge in [-0.25, -0.2) is 0 Å². The van der Waals surface area contributed by atoms with E-state index in [2.05, 4.69) is 0 Å². The number of methoxy groups -OCH3 is 1. The van der Waals surface area contributed by atoms with Gasteiger partial charge in [-0.05, 0) is 24.3 Å². The Hall–Kier alpha value is -2.76. The van der Waals surface area contributed by atoms with Crippen molar-refractivity contribution in [3.8, 4) is 17.2 Å². The summed E-state index contributed by atoms with van der Waals surface area (Å²) in [4.78, 5) is 10.5. The summed E-state index contributed by atoms with van der Waals surface area (Å²) >= 11 is 0. The van der Waals surface area contributed by atoms with Gasteiger partial charge in [0.25, 0.3) is 0 Å². The van der Waals surface area contributed by atoms with Crippen LogP contribution in [-0.4, -0.2) is 12.0 Å². The fourth-order valence-electron chi connectivity index (χ4n) is 1.62. The van der Waals surface area contributed by atoms with Crippen LogP contribution in [0.25, 0.3) is 0 Å². The van der Waals surface area contributed by atoms with Crippen molar-refractivity contribution >= 4 is 11.4 Å². The summed E-state index contributed by atoms with van der Waals surface area (Å²) in [5, 5.41) is 11.1. The number of nitrogen functional groups attached to an aromatic ring is 1. The molecule has 98 valence electrons. The molecule has 2 aromatic rings. The van der Waals surface area contributed by atoms with E-state index in [-0.39, 0.29) is 17.2 Å². The van der Waals surface area contributed by atoms with Gasteiger partial charge >= 0.3 is 5.69 Å². The Kier molecular flexibility index (Phi) is 3.51. The molecule has 0 amide bonds. The highest BCUT2D eigenvalue weighted by molar-refractivity contribution is 5.61. The standard InChI is InChI=1S/C13H12N2O4/c1-18-11-7-4-8-12(13(11)15(16)17)19-10-6-3-2-5-9(10)14/h2-8H,14H2,1H3. The molecule has 19 heavy (non-hydrogen) atoms. The number of nitro benzene ring substituents is 1. The first-order chi connectivity index (χ1) is 9.13. The third-order valence-corrected chi connectivity index (χ3v) is 2.50. The third-order valence-electron chi connectivity index (χ3n) is 2.50. The van der Waals surface area contributed by atoms with Crippen LogP contribution >= 0.6 is 0 Å². The molecule has 0 aliphatic heterocycles. The Morgan fingerprint density at radius 1 is 1.05 bits per heavy atom. The van der Waals surface area contributed by atoms with Crippen molar-refractivity contribution in [3.05, 3.63) is 52.6 Å². The number of nitrogens with two attached hydrogens (primary N) is 1. The van der Waals surface area contributed by atoms with Gasteiger partial charge in [-0.3, -0.25) is 10.1 Å². The minimum Gasteiger partial charge on any atom is -0.490 e. The van der Waals surface area contributed by atoms with Crippen molar-refractivity contribution in [2.24, 2.45) is 0 Å². The maximum atomic E-state index is 11.1. The molecule has 6 heteroatoms. The van der Waals surface area contributed by atoms with Crippen molar-refractivity contribution in [1.82, 2.24) is 0 Å². The van der Waals surface area contributed by atoms with Crippen LogP contribution in [0.15, 0.2) is 42.5 Å². The summed E-state index contributed by atoms with van der Waals surface area (Å²) in [6.07, 6.45) is 0. The Bertz CT molecular complexity index is 613. The smallest absolute Gasteiger partial charge is 0.352 e. The van der Waals surface area contributed by atoms with E-state index in [4.69, 9.17) is 15.2 Å². The highest BCUT2D eigenvalue weighted by Crippen LogP contribution is 2.39. The van der Waals surface area contributed by atoms with Gasteiger partial charge in [-0.15, -0.1) is 0 Å². The monoisotopic (exact) mass is 260 g/mol. The number of para-hydroxylation sites is 3. The zero-order valence-corrected chi connectivity index (χ0v) is 10.2. The molecule has 0 fully saturated rings. The van der Waals surface area contributed by atoms with E-state index in [0.29, 0.717) is 11.4 Å². The number of nitro groups is 1. The summed E-state index contributed by atoms with van der Waals surface area (Å²) < 4.78 is 10.5. The molecule has 0 unspecified atom stereocenters. The number of nitrogens with zero attached hydrogens (tertiary/aromatic N) is 1. The minimum atomic E-state index is -0.548. The summed E-state index contributed by atoms with van der Waals surface area (Å²) in [6, 6.07) is 11.4. The van der Waals surface area contributed by atoms with E-state index in [1.54, 1.807) is 30.3 Å². The Balaban J connectivity index is 2.46. The number of benzene rings is 2. The van der Waals surface area contributed by atoms with Crippen LogP contribution < -0.4 is 15.2 Å². The molecule has 0 spiro atoms. The van der Waals surface area contributed by atoms with Gasteiger partial charge in [0.1, 0.15) is 0 Å². The highest BCUT2D eigenvalue weighted by atomic mass is 16.6. The van der Waals surface area contributed by atoms with E-state index in [9.17, 15) is 10.1 Å². The van der Waals surface area contributed by atoms with Gasteiger partial charge in [-0.2, -0.15) is 0 Å². The lowest BCUT2D eigenvalue weighted by molar-refractivity contribution is -0.386. The molecule has 2 rings (SSSR count). The molecule has 0 aromatic heterocycles. The lowest BCUT2D eigenvalue weighted by atomic mass is 10.2. The lowest BCUT2D eigenvalue weighted by Gasteiger charge is -2.10. The molecule has 0 radical (unpaired) electrons. The molecule has 2 N–H and O–H groups in total. The number of rotatable bonds is 4. The fourth-order valence-corrected chi connectivity index (χ4v) is 1.62. The van der Waals surface area contributed by atoms with E-state index >= 15 is 0 Å². The maximum absolute atomic E-state index is 11.1. The van der Waals surface area contributed by atoms with Crippen LogP contribution in [0.2, 0.25) is 0 Å². The van der Waals surface area contributed by atoms with Gasteiger partial charge in [0.15, 0.2) is 5.75 Å². The molecule has 0 saturated carbocycles. The molecule has 2 aromatic carbocycles. The van der Waals surface area contributed by atoms with Crippen LogP contribution in [0.4, 0.5) is 11.4 Å². The van der Waals surface area contributed by atoms with Gasteiger partial charge in [0.05, 0.1) is 17.7 Å². The van der Waals surface area contributed by atoms with Crippen LogP contribution in [0, 0.1) is 10.1 Å². The van der Waals surface area contributed by atoms with Crippen molar-refractivity contribution < 1.29 is 14.4 Å². The van der Waals surface area contributed by atoms with Crippen LogP contribution in [0.5, 0.6) is 17.2 Å². The molecule has 0 atom stereocenters. The van der Waals surface area contributed by atoms with Crippen LogP contribution in [-0.2, 0) is 0 Å². The maximum Gasteiger partial charge on any atom is 0.352 e. The van der Waals surface area contributed by atoms with Crippen molar-refractivity contribution in [2.75, 3.05) is 12.8 Å². The van der Waals surface area contributed by atoms with Gasteiger partial charge in [-0.1, -0.05) is 18.2 Å². The van der Waals surface area contributed by atoms with Gasteiger partial charge in [0.2, 0.25) is 11.5 Å². The molecule has 0 aliphatic rings. The summed E-state index contributed by atoms with van der Waals surface area (Å²) in [5.41, 5.74) is 5.91. The third kappa shape index (κ3) is 2.57. The predicted molar refractivity (Wildman–Crippen MR) is 70.6 cm³/mol. The van der Waals surface area contributed by atoms with Crippen molar-refractivity contribution in [2.45, 2.75) is 0 Å². The normalized spacial score (nSPS) is 9.95. The number of ether oxygens (including phenoxy) is 2. The molecular formula is C13H12N2O4. The average molecular weight is 260 g/mol. The number of hydrogen-bond acceptors (Lipinski definition) is 5. The van der Waals surface area contributed by atoms with E-state index < -0.39 is 4.92 Å². The zero-order chi connectivity index (χ0) is 13.8. The second kappa shape index (κ2) is 5.26. The Labute approximate surface area is 109 Å². The second-order valence-corrected chi connectivity index (χ2v) is 3.70. The minimum absolute atomic E-state index is 0.0854. The quantitative estimate of drug-likeness (QED) is 0.518. The predicted octanol–water partition coefficient (Wildman–Crippen LogP) is 2.98. The van der Waals surface area contributed by atoms with E-state index in [1.807, 2.05) is 0 Å². The average Bonchev–Trinajstić information content (AvgIpc) is 2.40. The van der Waals surface area contributed by atoms with Crippen LogP contribution in [0.3, 0.4) is 0 Å². The summed E-state index contributed by atoms with van der Waals surface area (Å²) in [7, 11) is 1.36.